The smallest absolute Gasteiger partial charge is 0.790 e. The fourth-order valence-corrected chi connectivity index (χ4v) is 2.19. The molecular weight excluding hydrogens is 506 g/mol. The van der Waals surface area contributed by atoms with Gasteiger partial charge in [-0.05, 0) is 0 Å². The van der Waals surface area contributed by atoms with Crippen LogP contribution < -0.4 is 19.6 Å². The van der Waals surface area contributed by atoms with Crippen molar-refractivity contribution in [3.05, 3.63) is 7.43 Å². The number of rotatable bonds is 14. The topological polar surface area (TPSA) is 341 Å². The second kappa shape index (κ2) is 16.8. The Morgan fingerprint density at radius 1 is 0.667 bits per heavy atom. The number of carbonyl (C=O) groups excluding carboxylic acids is 2. The van der Waals surface area contributed by atoms with E-state index in [0.717, 1.165) is 0 Å². The van der Waals surface area contributed by atoms with Crippen molar-refractivity contribution in [1.82, 2.24) is 0 Å². The van der Waals surface area contributed by atoms with Crippen molar-refractivity contribution in [2.24, 2.45) is 0 Å². The maximum atomic E-state index is 10.7. The molecule has 0 spiro atoms. The number of Topliss-reactive ketones (excluding diaryl/α,β-unsaturated/α-hetero) is 2. The number of hydrogen-bond donors (Lipinski definition) is 8. The number of aliphatic hydroxyl groups is 8. The van der Waals surface area contributed by atoms with Crippen molar-refractivity contribution in [3.63, 3.8) is 0 Å². The summed E-state index contributed by atoms with van der Waals surface area (Å²) in [7, 11) is -10.6. The van der Waals surface area contributed by atoms with Crippen LogP contribution in [0.25, 0.3) is 0 Å². The average Bonchev–Trinajstić information content (AvgIpc) is 2.71. The Kier molecular flexibility index (Phi) is 18.7. The van der Waals surface area contributed by atoms with Crippen molar-refractivity contribution >= 4 is 27.2 Å². The fourth-order valence-electron chi connectivity index (χ4n) is 1.52. The molecule has 33 heavy (non-hydrogen) atoms. The molecule has 0 aromatic carbocycles. The molecule has 0 heterocycles. The Labute approximate surface area is 186 Å². The summed E-state index contributed by atoms with van der Waals surface area (Å²) >= 11 is 0. The standard InChI is InChI=1S/2C6H13O9P.C/c2*7-1-3(8)5(10)6(11)4(9)2-15-16(12,13)14;/h2*4-7,9-11H,1-2H2,(H2,12,13,14);/q;;+4/p-4/t2*4-,5-,6-;/m11./s1. The summed E-state index contributed by atoms with van der Waals surface area (Å²) in [6, 6.07) is 0. The summed E-state index contributed by atoms with van der Waals surface area (Å²) in [5, 5.41) is 70.8. The summed E-state index contributed by atoms with van der Waals surface area (Å²) in [4.78, 5) is 61.4. The second-order valence-electron chi connectivity index (χ2n) is 5.74. The Hall–Kier alpha value is -0.760. The van der Waals surface area contributed by atoms with Crippen molar-refractivity contribution in [2.45, 2.75) is 36.6 Å². The van der Waals surface area contributed by atoms with Crippen LogP contribution in [-0.2, 0) is 27.8 Å². The van der Waals surface area contributed by atoms with Gasteiger partial charge >= 0.3 is 7.43 Å². The first kappa shape index (κ1) is 36.8. The van der Waals surface area contributed by atoms with Crippen molar-refractivity contribution in [3.8, 4) is 0 Å². The predicted octanol–water partition coefficient (Wildman–Crippen LogP) is -8.97. The first-order chi connectivity index (χ1) is 14.4. The molecule has 0 fully saturated rings. The van der Waals surface area contributed by atoms with Crippen LogP contribution in [0.15, 0.2) is 0 Å². The van der Waals surface area contributed by atoms with Gasteiger partial charge < -0.3 is 78.6 Å². The number of aliphatic hydroxyl groups excluding tert-OH is 8. The molecule has 0 aromatic rings. The molecule has 0 bridgehead atoms. The Morgan fingerprint density at radius 2 is 0.909 bits per heavy atom. The van der Waals surface area contributed by atoms with E-state index in [2.05, 4.69) is 9.05 Å². The third-order valence-electron chi connectivity index (χ3n) is 3.21. The summed E-state index contributed by atoms with van der Waals surface area (Å²) < 4.78 is 27.3. The molecule has 20 heteroatoms. The maximum absolute atomic E-state index is 10.7. The summed E-state index contributed by atoms with van der Waals surface area (Å²) in [6.45, 7) is -4.32. The molecule has 18 nitrogen and oxygen atoms in total. The molecule has 0 aliphatic carbocycles. The van der Waals surface area contributed by atoms with Gasteiger partial charge in [0.25, 0.3) is 0 Å². The van der Waals surface area contributed by atoms with E-state index in [0.29, 0.717) is 0 Å². The van der Waals surface area contributed by atoms with E-state index in [-0.39, 0.29) is 7.43 Å². The van der Waals surface area contributed by atoms with E-state index in [1.807, 2.05) is 0 Å². The molecule has 0 amide bonds. The molecule has 0 saturated heterocycles. The first-order valence-electron chi connectivity index (χ1n) is 8.06. The van der Waals surface area contributed by atoms with Crippen molar-refractivity contribution in [1.29, 1.82) is 0 Å². The number of carbonyl (C=O) groups is 2. The monoisotopic (exact) mass is 528 g/mol. The summed E-state index contributed by atoms with van der Waals surface area (Å²) in [5.41, 5.74) is 0. The van der Waals surface area contributed by atoms with E-state index in [1.54, 1.807) is 0 Å². The molecule has 0 aliphatic heterocycles. The van der Waals surface area contributed by atoms with Crippen LogP contribution in [-0.4, -0.2) is 115 Å². The zero-order valence-corrected chi connectivity index (χ0v) is 18.1. The second-order valence-corrected chi connectivity index (χ2v) is 8.05. The first-order valence-corrected chi connectivity index (χ1v) is 11.0. The third-order valence-corrected chi connectivity index (χ3v) is 4.14. The van der Waals surface area contributed by atoms with Gasteiger partial charge in [0.1, 0.15) is 49.8 Å². The van der Waals surface area contributed by atoms with Gasteiger partial charge in [0.05, 0.1) is 28.9 Å². The fraction of sp³-hybridized carbons (Fsp3) is 0.769. The molecular formula is C13H22O18P2. The molecule has 192 valence electrons. The zero-order valence-electron chi connectivity index (χ0n) is 16.3. The number of phosphoric acid groups is 2. The Morgan fingerprint density at radius 3 is 1.09 bits per heavy atom. The molecule has 0 aromatic heterocycles. The molecule has 8 N–H and O–H groups in total. The average molecular weight is 528 g/mol. The van der Waals surface area contributed by atoms with Gasteiger partial charge in [-0.25, -0.2) is 0 Å². The summed E-state index contributed by atoms with van der Waals surface area (Å²) in [5.74, 6) is -2.34. The van der Waals surface area contributed by atoms with Gasteiger partial charge in [-0.3, -0.25) is 9.59 Å². The normalized spacial score (nSPS) is 17.3. The van der Waals surface area contributed by atoms with Gasteiger partial charge in [0.2, 0.25) is 0 Å². The molecule has 0 saturated carbocycles. The Bertz CT molecular complexity index is 604. The SMILES string of the molecule is O=C(CO)[C@@H](O)[C@H](O)[C@H](O)COP(=O)([O-])[O-].O=C(CO)[C@@H](O)[C@H](O)[C@H](O)COP(=O)([O-])[O-].[C+4]. The van der Waals surface area contributed by atoms with Crippen LogP contribution in [0.3, 0.4) is 0 Å². The third kappa shape index (κ3) is 17.3. The van der Waals surface area contributed by atoms with Crippen LogP contribution in [0.1, 0.15) is 0 Å². The summed E-state index contributed by atoms with van der Waals surface area (Å²) in [6.07, 6.45) is -12.2. The number of ketones is 2. The molecule has 0 unspecified atom stereocenters. The van der Waals surface area contributed by atoms with Crippen LogP contribution in [0.4, 0.5) is 0 Å². The van der Waals surface area contributed by atoms with Gasteiger partial charge in [0.15, 0.2) is 11.6 Å². The largest absolute Gasteiger partial charge is 4.00 e. The quantitative estimate of drug-likeness (QED) is 0.0969. The number of phosphoric ester groups is 2. The minimum atomic E-state index is -5.31. The maximum Gasteiger partial charge on any atom is 4.00 e. The minimum Gasteiger partial charge on any atom is -0.790 e. The number of hydrogen-bond acceptors (Lipinski definition) is 18. The van der Waals surface area contributed by atoms with Crippen LogP contribution in [0.2, 0.25) is 0 Å². The van der Waals surface area contributed by atoms with E-state index in [1.165, 1.54) is 0 Å². The predicted molar refractivity (Wildman–Crippen MR) is 90.6 cm³/mol. The van der Waals surface area contributed by atoms with E-state index >= 15 is 0 Å². The van der Waals surface area contributed by atoms with Crippen LogP contribution in [0.5, 0.6) is 0 Å². The van der Waals surface area contributed by atoms with E-state index in [9.17, 15) is 38.3 Å². The van der Waals surface area contributed by atoms with Gasteiger partial charge in [-0.1, -0.05) is 0 Å². The molecule has 0 aliphatic rings. The minimum absolute atomic E-state index is 0. The molecule has 6 atom stereocenters. The Balaban J connectivity index is -0.000000529. The van der Waals surface area contributed by atoms with Gasteiger partial charge in [-0.2, -0.15) is 0 Å². The van der Waals surface area contributed by atoms with Gasteiger partial charge in [-0.15, -0.1) is 0 Å². The van der Waals surface area contributed by atoms with E-state index < -0.39 is 90.3 Å². The van der Waals surface area contributed by atoms with Crippen molar-refractivity contribution < 1.29 is 88.2 Å². The van der Waals surface area contributed by atoms with E-state index in [4.69, 9.17) is 40.9 Å². The van der Waals surface area contributed by atoms with Gasteiger partial charge in [0, 0.05) is 0 Å². The molecule has 0 rings (SSSR count). The molecule has 0 radical (unpaired) electrons. The zero-order chi connectivity index (χ0) is 25.9. The van der Waals surface area contributed by atoms with Crippen LogP contribution in [0, 0.1) is 7.43 Å². The van der Waals surface area contributed by atoms with Crippen molar-refractivity contribution in [2.75, 3.05) is 26.4 Å². The van der Waals surface area contributed by atoms with Crippen LogP contribution >= 0.6 is 15.6 Å².